The first-order chi connectivity index (χ1) is 10.5. The molecule has 1 aliphatic heterocycles. The van der Waals surface area contributed by atoms with E-state index in [1.54, 1.807) is 12.1 Å². The van der Waals surface area contributed by atoms with Crippen LogP contribution in [0.2, 0.25) is 10.0 Å². The minimum Gasteiger partial charge on any atom is -0.370 e. The van der Waals surface area contributed by atoms with Crippen LogP contribution in [0.1, 0.15) is 24.5 Å². The normalized spacial score (nSPS) is 26.6. The maximum Gasteiger partial charge on any atom is 0.214 e. The van der Waals surface area contributed by atoms with Crippen LogP contribution < -0.4 is 10.0 Å². The third kappa shape index (κ3) is 3.75. The van der Waals surface area contributed by atoms with E-state index in [1.165, 1.54) is 0 Å². The minimum absolute atomic E-state index is 0.259. The van der Waals surface area contributed by atoms with Gasteiger partial charge in [-0.1, -0.05) is 29.3 Å². The van der Waals surface area contributed by atoms with E-state index in [-0.39, 0.29) is 11.3 Å². The first-order valence-corrected chi connectivity index (χ1v) is 9.56. The summed E-state index contributed by atoms with van der Waals surface area (Å²) in [5.41, 5.74) is 0.821. The monoisotopic (exact) mass is 364 g/mol. The number of hydrogen-bond acceptors (Lipinski definition) is 4. The third-order valence-electron chi connectivity index (χ3n) is 3.86. The first kappa shape index (κ1) is 16.5. The van der Waals surface area contributed by atoms with Crippen LogP contribution in [-0.4, -0.2) is 39.4 Å². The molecule has 1 saturated carbocycles. The Morgan fingerprint density at radius 1 is 1.23 bits per heavy atom. The zero-order valence-corrected chi connectivity index (χ0v) is 14.2. The van der Waals surface area contributed by atoms with Gasteiger partial charge in [-0.3, -0.25) is 0 Å². The van der Waals surface area contributed by atoms with E-state index in [0.29, 0.717) is 29.7 Å². The SMILES string of the molecule is O=S(=O)(NC1CNCCOC1c1ccc(Cl)c(Cl)c1)C1CC1. The number of hydrogen-bond donors (Lipinski definition) is 2. The zero-order valence-electron chi connectivity index (χ0n) is 11.9. The third-order valence-corrected chi connectivity index (χ3v) is 6.58. The summed E-state index contributed by atoms with van der Waals surface area (Å²) in [7, 11) is -3.29. The van der Waals surface area contributed by atoms with Crippen LogP contribution in [0.15, 0.2) is 18.2 Å². The molecule has 2 aliphatic rings. The fourth-order valence-corrected chi connectivity index (χ4v) is 4.43. The lowest BCUT2D eigenvalue weighted by molar-refractivity contribution is 0.0493. The molecule has 1 aliphatic carbocycles. The Kier molecular flexibility index (Phi) is 4.97. The molecule has 1 saturated heterocycles. The molecule has 0 spiro atoms. The van der Waals surface area contributed by atoms with E-state index in [2.05, 4.69) is 10.0 Å². The van der Waals surface area contributed by atoms with E-state index in [4.69, 9.17) is 27.9 Å². The van der Waals surface area contributed by atoms with Gasteiger partial charge < -0.3 is 10.1 Å². The van der Waals surface area contributed by atoms with Gasteiger partial charge in [0.15, 0.2) is 0 Å². The van der Waals surface area contributed by atoms with Crippen molar-refractivity contribution in [1.29, 1.82) is 0 Å². The van der Waals surface area contributed by atoms with Gasteiger partial charge in [0, 0.05) is 13.1 Å². The van der Waals surface area contributed by atoms with Crippen LogP contribution in [0.25, 0.3) is 0 Å². The van der Waals surface area contributed by atoms with Gasteiger partial charge in [-0.05, 0) is 30.5 Å². The molecule has 2 atom stereocenters. The van der Waals surface area contributed by atoms with Crippen molar-refractivity contribution in [2.24, 2.45) is 0 Å². The second kappa shape index (κ2) is 6.63. The number of halogens is 2. The molecule has 0 bridgehead atoms. The molecule has 1 aromatic rings. The van der Waals surface area contributed by atoms with Crippen molar-refractivity contribution in [2.75, 3.05) is 19.7 Å². The van der Waals surface area contributed by atoms with Crippen LogP contribution in [0.5, 0.6) is 0 Å². The number of benzene rings is 1. The van der Waals surface area contributed by atoms with Gasteiger partial charge in [0.25, 0.3) is 0 Å². The number of nitrogens with one attached hydrogen (secondary N) is 2. The highest BCUT2D eigenvalue weighted by Gasteiger charge is 2.39. The minimum atomic E-state index is -3.29. The van der Waals surface area contributed by atoms with Gasteiger partial charge in [-0.15, -0.1) is 0 Å². The quantitative estimate of drug-likeness (QED) is 0.858. The average Bonchev–Trinajstić information content (AvgIpc) is 3.29. The van der Waals surface area contributed by atoms with E-state index < -0.39 is 16.1 Å². The fourth-order valence-electron chi connectivity index (χ4n) is 2.55. The second-order valence-corrected chi connectivity index (χ2v) is 8.44. The van der Waals surface area contributed by atoms with Crippen LogP contribution in [-0.2, 0) is 14.8 Å². The van der Waals surface area contributed by atoms with Crippen molar-refractivity contribution >= 4 is 33.2 Å². The predicted octanol–water partition coefficient (Wildman–Crippen LogP) is 2.10. The molecule has 8 heteroatoms. The number of sulfonamides is 1. The largest absolute Gasteiger partial charge is 0.370 e. The fraction of sp³-hybridized carbons (Fsp3) is 0.571. The van der Waals surface area contributed by atoms with E-state index in [1.807, 2.05) is 6.07 Å². The first-order valence-electron chi connectivity index (χ1n) is 7.26. The van der Waals surface area contributed by atoms with Crippen LogP contribution in [0.4, 0.5) is 0 Å². The van der Waals surface area contributed by atoms with Crippen molar-refractivity contribution in [3.63, 3.8) is 0 Å². The lowest BCUT2D eigenvalue weighted by atomic mass is 10.0. The summed E-state index contributed by atoms with van der Waals surface area (Å²) in [5.74, 6) is 0. The molecule has 5 nitrogen and oxygen atoms in total. The van der Waals surface area contributed by atoms with Gasteiger partial charge in [-0.25, -0.2) is 13.1 Å². The van der Waals surface area contributed by atoms with Crippen molar-refractivity contribution < 1.29 is 13.2 Å². The smallest absolute Gasteiger partial charge is 0.214 e. The Balaban J connectivity index is 1.85. The van der Waals surface area contributed by atoms with Crippen molar-refractivity contribution in [3.8, 4) is 0 Å². The molecule has 122 valence electrons. The maximum absolute atomic E-state index is 12.2. The highest BCUT2D eigenvalue weighted by Crippen LogP contribution is 2.32. The Hall–Kier alpha value is -0.370. The molecule has 1 heterocycles. The van der Waals surface area contributed by atoms with Gasteiger partial charge in [0.05, 0.1) is 27.9 Å². The molecule has 0 aromatic heterocycles. The van der Waals surface area contributed by atoms with Crippen molar-refractivity contribution in [1.82, 2.24) is 10.0 Å². The number of ether oxygens (including phenoxy) is 1. The van der Waals surface area contributed by atoms with Gasteiger partial charge >= 0.3 is 0 Å². The van der Waals surface area contributed by atoms with Gasteiger partial charge in [-0.2, -0.15) is 0 Å². The van der Waals surface area contributed by atoms with Crippen molar-refractivity contribution in [3.05, 3.63) is 33.8 Å². The summed E-state index contributed by atoms with van der Waals surface area (Å²) < 4.78 is 33.1. The summed E-state index contributed by atoms with van der Waals surface area (Å²) in [6.07, 6.45) is 1.07. The molecule has 3 rings (SSSR count). The molecule has 2 N–H and O–H groups in total. The lowest BCUT2D eigenvalue weighted by Gasteiger charge is -2.26. The average molecular weight is 365 g/mol. The van der Waals surface area contributed by atoms with Crippen molar-refractivity contribution in [2.45, 2.75) is 30.2 Å². The summed E-state index contributed by atoms with van der Waals surface area (Å²) in [6.45, 7) is 1.70. The molecule has 1 aromatic carbocycles. The van der Waals surface area contributed by atoms with Crippen LogP contribution in [0.3, 0.4) is 0 Å². The molecular weight excluding hydrogens is 347 g/mol. The summed E-state index contributed by atoms with van der Waals surface area (Å²) >= 11 is 12.0. The predicted molar refractivity (Wildman–Crippen MR) is 86.9 cm³/mol. The Morgan fingerprint density at radius 2 is 2.00 bits per heavy atom. The topological polar surface area (TPSA) is 67.4 Å². The molecule has 22 heavy (non-hydrogen) atoms. The molecule has 0 amide bonds. The van der Waals surface area contributed by atoms with E-state index >= 15 is 0 Å². The van der Waals surface area contributed by atoms with E-state index in [0.717, 1.165) is 18.4 Å². The maximum atomic E-state index is 12.2. The highest BCUT2D eigenvalue weighted by molar-refractivity contribution is 7.90. The highest BCUT2D eigenvalue weighted by atomic mass is 35.5. The van der Waals surface area contributed by atoms with Gasteiger partial charge in [0.1, 0.15) is 6.10 Å². The zero-order chi connectivity index (χ0) is 15.7. The van der Waals surface area contributed by atoms with Crippen LogP contribution in [0, 0.1) is 0 Å². The standard InChI is InChI=1S/C14H18Cl2N2O3S/c15-11-4-1-9(7-12(11)16)14-13(8-17-5-6-21-14)18-22(19,20)10-2-3-10/h1,4,7,10,13-14,17-18H,2-3,5-6,8H2. The Bertz CT molecular complexity index is 649. The lowest BCUT2D eigenvalue weighted by Crippen LogP contribution is -2.45. The molecule has 2 fully saturated rings. The Morgan fingerprint density at radius 3 is 2.68 bits per heavy atom. The summed E-state index contributed by atoms with van der Waals surface area (Å²) in [5, 5.41) is 3.83. The number of rotatable bonds is 4. The summed E-state index contributed by atoms with van der Waals surface area (Å²) in [4.78, 5) is 0. The second-order valence-electron chi connectivity index (χ2n) is 5.64. The van der Waals surface area contributed by atoms with Gasteiger partial charge in [0.2, 0.25) is 10.0 Å². The summed E-state index contributed by atoms with van der Waals surface area (Å²) in [6, 6.07) is 4.89. The Labute approximate surface area is 140 Å². The molecule has 2 unspecified atom stereocenters. The van der Waals surface area contributed by atoms with Crippen LogP contribution >= 0.6 is 23.2 Å². The van der Waals surface area contributed by atoms with E-state index in [9.17, 15) is 8.42 Å². The molecule has 0 radical (unpaired) electrons. The molecular formula is C14H18Cl2N2O3S.